The number of rotatable bonds is 7. The van der Waals surface area contributed by atoms with Crippen LogP contribution < -0.4 is 4.74 Å². The van der Waals surface area contributed by atoms with Gasteiger partial charge in [-0.05, 0) is 99.2 Å². The van der Waals surface area contributed by atoms with Crippen molar-refractivity contribution in [3.05, 3.63) is 41.5 Å². The Balaban J connectivity index is 1.24. The van der Waals surface area contributed by atoms with Crippen LogP contribution in [0.25, 0.3) is 0 Å². The summed E-state index contributed by atoms with van der Waals surface area (Å²) in [4.78, 5) is 0. The van der Waals surface area contributed by atoms with E-state index in [-0.39, 0.29) is 11.7 Å². The number of ether oxygens (including phenoxy) is 2. The van der Waals surface area contributed by atoms with Crippen molar-refractivity contribution in [3.63, 3.8) is 0 Å². The molecule has 0 N–H and O–H groups in total. The van der Waals surface area contributed by atoms with Crippen LogP contribution in [0, 0.1) is 29.1 Å². The summed E-state index contributed by atoms with van der Waals surface area (Å²) in [6.07, 6.45) is 14.7. The quantitative estimate of drug-likeness (QED) is 0.373. The zero-order valence-electron chi connectivity index (χ0n) is 18.1. The van der Waals surface area contributed by atoms with Crippen molar-refractivity contribution in [1.29, 1.82) is 0 Å². The zero-order chi connectivity index (χ0) is 19.6. The SMILES string of the molecule is CCC(C)c1ccc(OC(OC2C3CC=C4C(C3)C[C@H]42)C23CCC(CC2)C3)cc1. The van der Waals surface area contributed by atoms with E-state index in [0.29, 0.717) is 17.9 Å². The highest BCUT2D eigenvalue weighted by Gasteiger charge is 2.57. The Morgan fingerprint density at radius 3 is 2.48 bits per heavy atom. The van der Waals surface area contributed by atoms with Crippen molar-refractivity contribution >= 4 is 0 Å². The van der Waals surface area contributed by atoms with Crippen molar-refractivity contribution < 1.29 is 9.47 Å². The topological polar surface area (TPSA) is 18.5 Å². The fraction of sp³-hybridized carbons (Fsp3) is 0.704. The van der Waals surface area contributed by atoms with Gasteiger partial charge in [0, 0.05) is 11.3 Å². The van der Waals surface area contributed by atoms with E-state index in [1.807, 2.05) is 0 Å². The second kappa shape index (κ2) is 6.87. The van der Waals surface area contributed by atoms with Gasteiger partial charge in [-0.15, -0.1) is 0 Å². The van der Waals surface area contributed by atoms with Gasteiger partial charge in [0.1, 0.15) is 5.75 Å². The van der Waals surface area contributed by atoms with Crippen LogP contribution in [0.15, 0.2) is 35.9 Å². The first kappa shape index (κ1) is 18.5. The molecule has 0 saturated heterocycles. The first-order valence-corrected chi connectivity index (χ1v) is 12.3. The Morgan fingerprint density at radius 1 is 1.10 bits per heavy atom. The van der Waals surface area contributed by atoms with Crippen LogP contribution in [0.2, 0.25) is 0 Å². The van der Waals surface area contributed by atoms with Gasteiger partial charge in [-0.2, -0.15) is 0 Å². The molecule has 0 radical (unpaired) electrons. The minimum Gasteiger partial charge on any atom is -0.464 e. The summed E-state index contributed by atoms with van der Waals surface area (Å²) < 4.78 is 13.7. The molecule has 7 rings (SSSR count). The van der Waals surface area contributed by atoms with Gasteiger partial charge in [0.2, 0.25) is 6.29 Å². The highest BCUT2D eigenvalue weighted by Crippen LogP contribution is 2.61. The predicted octanol–water partition coefficient (Wildman–Crippen LogP) is 6.86. The third-order valence-electron chi connectivity index (χ3n) is 9.42. The van der Waals surface area contributed by atoms with Gasteiger partial charge in [-0.1, -0.05) is 37.6 Å². The van der Waals surface area contributed by atoms with Crippen molar-refractivity contribution in [2.24, 2.45) is 29.1 Å². The first-order valence-electron chi connectivity index (χ1n) is 12.3. The molecule has 0 amide bonds. The Hall–Kier alpha value is -1.28. The average molecular weight is 393 g/mol. The number of benzene rings is 1. The van der Waals surface area contributed by atoms with Gasteiger partial charge in [-0.25, -0.2) is 0 Å². The molecule has 4 saturated carbocycles. The molecule has 29 heavy (non-hydrogen) atoms. The number of fused-ring (bicyclic) bond motifs is 3. The van der Waals surface area contributed by atoms with Crippen molar-refractivity contribution in [3.8, 4) is 5.75 Å². The second-order valence-electron chi connectivity index (χ2n) is 10.9. The Labute approximate surface area is 176 Å². The van der Waals surface area contributed by atoms with Crippen molar-refractivity contribution in [1.82, 2.24) is 0 Å². The summed E-state index contributed by atoms with van der Waals surface area (Å²) >= 11 is 0. The van der Waals surface area contributed by atoms with Gasteiger partial charge < -0.3 is 9.47 Å². The standard InChI is InChI=1S/C27H36O2/c1-3-17(2)19-4-7-22(8-5-19)28-26(27-12-10-18(16-27)11-13-27)29-25-20-6-9-23-21(14-20)15-24(23)25/h4-5,7-9,17-18,20-21,24-26H,3,6,10-16H2,1-2H3/t17?,18?,20?,21?,24-,25?,26?,27?/m1/s1. The zero-order valence-corrected chi connectivity index (χ0v) is 18.1. The van der Waals surface area contributed by atoms with Crippen LogP contribution in [-0.4, -0.2) is 12.4 Å². The Morgan fingerprint density at radius 2 is 1.90 bits per heavy atom. The molecule has 2 heteroatoms. The minimum atomic E-state index is -0.0616. The van der Waals surface area contributed by atoms with Gasteiger partial charge in [0.05, 0.1) is 6.10 Å². The van der Waals surface area contributed by atoms with E-state index < -0.39 is 0 Å². The lowest BCUT2D eigenvalue weighted by atomic mass is 9.52. The van der Waals surface area contributed by atoms with Gasteiger partial charge in [-0.3, -0.25) is 0 Å². The predicted molar refractivity (Wildman–Crippen MR) is 116 cm³/mol. The maximum Gasteiger partial charge on any atom is 0.205 e. The smallest absolute Gasteiger partial charge is 0.205 e. The molecule has 6 atom stereocenters. The second-order valence-corrected chi connectivity index (χ2v) is 10.9. The molecular formula is C27H36O2. The summed E-state index contributed by atoms with van der Waals surface area (Å²) in [6.45, 7) is 4.56. The molecule has 5 unspecified atom stereocenters. The highest BCUT2D eigenvalue weighted by molar-refractivity contribution is 5.31. The molecule has 0 spiro atoms. The van der Waals surface area contributed by atoms with Crippen LogP contribution in [0.4, 0.5) is 0 Å². The molecule has 0 heterocycles. The third kappa shape index (κ3) is 2.92. The monoisotopic (exact) mass is 392 g/mol. The van der Waals surface area contributed by atoms with E-state index in [2.05, 4.69) is 44.2 Å². The largest absolute Gasteiger partial charge is 0.464 e. The fourth-order valence-electron chi connectivity index (χ4n) is 7.39. The van der Waals surface area contributed by atoms with Crippen molar-refractivity contribution in [2.45, 2.75) is 89.9 Å². The van der Waals surface area contributed by atoms with E-state index in [4.69, 9.17) is 9.47 Å². The van der Waals surface area contributed by atoms with Gasteiger partial charge in [0.15, 0.2) is 0 Å². The number of hydrogen-bond donors (Lipinski definition) is 0. The minimum absolute atomic E-state index is 0.0616. The van der Waals surface area contributed by atoms with Gasteiger partial charge >= 0.3 is 0 Å². The van der Waals surface area contributed by atoms with Crippen LogP contribution in [0.5, 0.6) is 5.75 Å². The van der Waals surface area contributed by atoms with E-state index in [1.165, 1.54) is 63.4 Å². The van der Waals surface area contributed by atoms with Gasteiger partial charge in [0.25, 0.3) is 0 Å². The molecule has 2 nitrogen and oxygen atoms in total. The molecule has 6 aliphatic carbocycles. The molecule has 0 aliphatic heterocycles. The molecular weight excluding hydrogens is 356 g/mol. The maximum atomic E-state index is 7.02. The number of allylic oxidation sites excluding steroid dienone is 1. The molecule has 6 aliphatic rings. The third-order valence-corrected chi connectivity index (χ3v) is 9.42. The highest BCUT2D eigenvalue weighted by atomic mass is 16.7. The molecule has 6 bridgehead atoms. The first-order chi connectivity index (χ1) is 14.1. The normalized spacial score (nSPS) is 41.0. The maximum absolute atomic E-state index is 7.02. The summed E-state index contributed by atoms with van der Waals surface area (Å²) in [5, 5.41) is 0. The van der Waals surface area contributed by atoms with Crippen LogP contribution in [-0.2, 0) is 4.74 Å². The Bertz CT molecular complexity index is 785. The van der Waals surface area contributed by atoms with E-state index >= 15 is 0 Å². The summed E-state index contributed by atoms with van der Waals surface area (Å²) in [5.41, 5.74) is 3.39. The molecule has 1 aromatic carbocycles. The lowest BCUT2D eigenvalue weighted by Gasteiger charge is -2.57. The molecule has 0 aromatic heterocycles. The summed E-state index contributed by atoms with van der Waals surface area (Å²) in [7, 11) is 0. The van der Waals surface area contributed by atoms with E-state index in [1.54, 1.807) is 5.57 Å². The Kier molecular flexibility index (Phi) is 4.38. The molecule has 4 fully saturated rings. The summed E-state index contributed by atoms with van der Waals surface area (Å²) in [5.74, 6) is 4.84. The lowest BCUT2D eigenvalue weighted by Crippen LogP contribution is -2.55. The average Bonchev–Trinajstić information content (AvgIpc) is 3.36. The lowest BCUT2D eigenvalue weighted by molar-refractivity contribution is -0.223. The van der Waals surface area contributed by atoms with Crippen LogP contribution in [0.3, 0.4) is 0 Å². The summed E-state index contributed by atoms with van der Waals surface area (Å²) in [6, 6.07) is 8.89. The molecule has 156 valence electrons. The number of hydrogen-bond acceptors (Lipinski definition) is 2. The van der Waals surface area contributed by atoms with Crippen LogP contribution in [0.1, 0.15) is 83.1 Å². The molecule has 1 aromatic rings. The van der Waals surface area contributed by atoms with E-state index in [9.17, 15) is 0 Å². The van der Waals surface area contributed by atoms with Crippen LogP contribution >= 0.6 is 0 Å². The fourth-order valence-corrected chi connectivity index (χ4v) is 7.39. The van der Waals surface area contributed by atoms with Crippen molar-refractivity contribution in [2.75, 3.05) is 0 Å². The van der Waals surface area contributed by atoms with E-state index in [0.717, 1.165) is 23.5 Å².